The summed E-state index contributed by atoms with van der Waals surface area (Å²) in [5.41, 5.74) is -0.172. The van der Waals surface area contributed by atoms with E-state index < -0.39 is 22.7 Å². The third kappa shape index (κ3) is 2.70. The number of hydrogen-bond acceptors (Lipinski definition) is 4. The van der Waals surface area contributed by atoms with Crippen molar-refractivity contribution in [3.8, 4) is 0 Å². The SMILES string of the molecule is O=C(NCc1ccco1)c1scnc1C(F)(F)F. The van der Waals surface area contributed by atoms with Gasteiger partial charge in [0.1, 0.15) is 10.6 Å². The molecule has 18 heavy (non-hydrogen) atoms. The summed E-state index contributed by atoms with van der Waals surface area (Å²) >= 11 is 0.648. The Bertz CT molecular complexity index is 534. The van der Waals surface area contributed by atoms with E-state index in [4.69, 9.17) is 4.42 Å². The Balaban J connectivity index is 2.08. The second-order valence-corrected chi connectivity index (χ2v) is 4.14. The van der Waals surface area contributed by atoms with E-state index in [1.807, 2.05) is 0 Å². The minimum atomic E-state index is -4.63. The van der Waals surface area contributed by atoms with E-state index in [1.165, 1.54) is 6.26 Å². The second kappa shape index (κ2) is 4.81. The lowest BCUT2D eigenvalue weighted by Gasteiger charge is -2.06. The van der Waals surface area contributed by atoms with Gasteiger partial charge in [-0.3, -0.25) is 4.79 Å². The first-order valence-electron chi connectivity index (χ1n) is 4.79. The van der Waals surface area contributed by atoms with Gasteiger partial charge in [-0.2, -0.15) is 13.2 Å². The number of amides is 1. The zero-order valence-electron chi connectivity index (χ0n) is 8.82. The highest BCUT2D eigenvalue weighted by Crippen LogP contribution is 2.32. The molecule has 0 aliphatic rings. The van der Waals surface area contributed by atoms with E-state index in [-0.39, 0.29) is 6.54 Å². The molecular weight excluding hydrogens is 269 g/mol. The summed E-state index contributed by atoms with van der Waals surface area (Å²) in [6.45, 7) is 0.0288. The van der Waals surface area contributed by atoms with Crippen LogP contribution in [0.5, 0.6) is 0 Å². The molecule has 0 aliphatic carbocycles. The number of hydrogen-bond donors (Lipinski definition) is 1. The molecule has 0 spiro atoms. The molecule has 0 radical (unpaired) electrons. The maximum Gasteiger partial charge on any atom is 0.434 e. The minimum Gasteiger partial charge on any atom is -0.467 e. The third-order valence-corrected chi connectivity index (χ3v) is 2.87. The first-order valence-corrected chi connectivity index (χ1v) is 5.67. The highest BCUT2D eigenvalue weighted by Gasteiger charge is 2.38. The minimum absolute atomic E-state index is 0.0288. The van der Waals surface area contributed by atoms with Crippen LogP contribution in [-0.4, -0.2) is 10.9 Å². The molecule has 0 aliphatic heterocycles. The monoisotopic (exact) mass is 276 g/mol. The molecule has 2 aromatic heterocycles. The van der Waals surface area contributed by atoms with Crippen molar-refractivity contribution in [1.29, 1.82) is 0 Å². The summed E-state index contributed by atoms with van der Waals surface area (Å²) in [4.78, 5) is 14.3. The molecule has 0 aromatic carbocycles. The molecule has 2 heterocycles. The average molecular weight is 276 g/mol. The molecule has 4 nitrogen and oxygen atoms in total. The maximum absolute atomic E-state index is 12.5. The Morgan fingerprint density at radius 2 is 2.28 bits per heavy atom. The zero-order chi connectivity index (χ0) is 13.2. The predicted molar refractivity (Wildman–Crippen MR) is 57.0 cm³/mol. The van der Waals surface area contributed by atoms with Crippen molar-refractivity contribution in [3.63, 3.8) is 0 Å². The molecule has 0 saturated heterocycles. The van der Waals surface area contributed by atoms with Crippen molar-refractivity contribution >= 4 is 17.2 Å². The highest BCUT2D eigenvalue weighted by molar-refractivity contribution is 7.11. The topological polar surface area (TPSA) is 55.1 Å². The Kier molecular flexibility index (Phi) is 3.37. The molecular formula is C10H7F3N2O2S. The molecule has 96 valence electrons. The van der Waals surface area contributed by atoms with Gasteiger partial charge in [0, 0.05) is 0 Å². The lowest BCUT2D eigenvalue weighted by atomic mass is 10.3. The van der Waals surface area contributed by atoms with Crippen LogP contribution < -0.4 is 5.32 Å². The van der Waals surface area contributed by atoms with Gasteiger partial charge in [-0.1, -0.05) is 0 Å². The van der Waals surface area contributed by atoms with E-state index in [2.05, 4.69) is 10.3 Å². The summed E-state index contributed by atoms with van der Waals surface area (Å²) < 4.78 is 42.5. The Morgan fingerprint density at radius 1 is 1.50 bits per heavy atom. The average Bonchev–Trinajstić information content (AvgIpc) is 2.95. The molecule has 0 unspecified atom stereocenters. The molecule has 0 bridgehead atoms. The van der Waals surface area contributed by atoms with Gasteiger partial charge in [0.15, 0.2) is 5.69 Å². The van der Waals surface area contributed by atoms with E-state index in [1.54, 1.807) is 12.1 Å². The van der Waals surface area contributed by atoms with Crippen molar-refractivity contribution in [1.82, 2.24) is 10.3 Å². The lowest BCUT2D eigenvalue weighted by Crippen LogP contribution is -2.24. The number of nitrogens with zero attached hydrogens (tertiary/aromatic N) is 1. The number of halogens is 3. The predicted octanol–water partition coefficient (Wildman–Crippen LogP) is 2.68. The number of nitrogens with one attached hydrogen (secondary N) is 1. The first-order chi connectivity index (χ1) is 8.48. The van der Waals surface area contributed by atoms with Crippen molar-refractivity contribution in [2.45, 2.75) is 12.7 Å². The van der Waals surface area contributed by atoms with Crippen LogP contribution >= 0.6 is 11.3 Å². The van der Waals surface area contributed by atoms with Crippen LogP contribution in [0.3, 0.4) is 0 Å². The van der Waals surface area contributed by atoms with Crippen LogP contribution in [0.4, 0.5) is 13.2 Å². The Labute approximate surface area is 103 Å². The number of carbonyl (C=O) groups excluding carboxylic acids is 1. The molecule has 0 fully saturated rings. The van der Waals surface area contributed by atoms with E-state index in [9.17, 15) is 18.0 Å². The zero-order valence-corrected chi connectivity index (χ0v) is 9.64. The van der Waals surface area contributed by atoms with Crippen molar-refractivity contribution < 1.29 is 22.4 Å². The molecule has 2 rings (SSSR count). The number of furan rings is 1. The quantitative estimate of drug-likeness (QED) is 0.937. The van der Waals surface area contributed by atoms with E-state index in [0.717, 1.165) is 5.51 Å². The van der Waals surface area contributed by atoms with Crippen molar-refractivity contribution in [3.05, 3.63) is 40.2 Å². The lowest BCUT2D eigenvalue weighted by molar-refractivity contribution is -0.141. The first kappa shape index (κ1) is 12.6. The van der Waals surface area contributed by atoms with Gasteiger partial charge in [-0.05, 0) is 12.1 Å². The Hall–Kier alpha value is -1.83. The van der Waals surface area contributed by atoms with Crippen LogP contribution in [0.1, 0.15) is 21.1 Å². The standard InChI is InChI=1S/C10H7F3N2O2S/c11-10(12,13)8-7(18-5-15-8)9(16)14-4-6-2-1-3-17-6/h1-3,5H,4H2,(H,14,16). The summed E-state index contributed by atoms with van der Waals surface area (Å²) in [5.74, 6) is -0.359. The molecule has 2 aromatic rings. The van der Waals surface area contributed by atoms with Gasteiger partial charge in [0.2, 0.25) is 0 Å². The molecule has 1 N–H and O–H groups in total. The van der Waals surface area contributed by atoms with Gasteiger partial charge in [0.05, 0.1) is 18.3 Å². The third-order valence-electron chi connectivity index (χ3n) is 2.05. The van der Waals surface area contributed by atoms with E-state index in [0.29, 0.717) is 17.1 Å². The summed E-state index contributed by atoms with van der Waals surface area (Å²) in [6.07, 6.45) is -3.22. The van der Waals surface area contributed by atoms with E-state index >= 15 is 0 Å². The van der Waals surface area contributed by atoms with Crippen molar-refractivity contribution in [2.75, 3.05) is 0 Å². The van der Waals surface area contributed by atoms with Crippen LogP contribution in [0, 0.1) is 0 Å². The highest BCUT2D eigenvalue weighted by atomic mass is 32.1. The second-order valence-electron chi connectivity index (χ2n) is 3.29. The summed E-state index contributed by atoms with van der Waals surface area (Å²) in [7, 11) is 0. The van der Waals surface area contributed by atoms with Crippen LogP contribution in [-0.2, 0) is 12.7 Å². The van der Waals surface area contributed by atoms with Gasteiger partial charge in [-0.25, -0.2) is 4.98 Å². The van der Waals surface area contributed by atoms with Gasteiger partial charge >= 0.3 is 6.18 Å². The normalized spacial score (nSPS) is 11.5. The summed E-state index contributed by atoms with van der Waals surface area (Å²) in [5, 5.41) is 2.34. The number of thiazole rings is 1. The summed E-state index contributed by atoms with van der Waals surface area (Å²) in [6, 6.07) is 3.23. The van der Waals surface area contributed by atoms with Crippen LogP contribution in [0.2, 0.25) is 0 Å². The fraction of sp³-hybridized carbons (Fsp3) is 0.200. The van der Waals surface area contributed by atoms with Gasteiger partial charge < -0.3 is 9.73 Å². The smallest absolute Gasteiger partial charge is 0.434 e. The number of rotatable bonds is 3. The van der Waals surface area contributed by atoms with Crippen molar-refractivity contribution in [2.24, 2.45) is 0 Å². The fourth-order valence-corrected chi connectivity index (χ4v) is 1.99. The number of alkyl halides is 3. The Morgan fingerprint density at radius 3 is 2.89 bits per heavy atom. The maximum atomic E-state index is 12.5. The molecule has 0 atom stereocenters. The number of carbonyl (C=O) groups is 1. The largest absolute Gasteiger partial charge is 0.467 e. The van der Waals surface area contributed by atoms with Gasteiger partial charge in [0.25, 0.3) is 5.91 Å². The van der Waals surface area contributed by atoms with Crippen LogP contribution in [0.15, 0.2) is 28.3 Å². The molecule has 8 heteroatoms. The number of aromatic nitrogens is 1. The molecule has 1 amide bonds. The molecule has 0 saturated carbocycles. The van der Waals surface area contributed by atoms with Gasteiger partial charge in [-0.15, -0.1) is 11.3 Å². The van der Waals surface area contributed by atoms with Crippen LogP contribution in [0.25, 0.3) is 0 Å². The fourth-order valence-electron chi connectivity index (χ4n) is 1.27.